The van der Waals surface area contributed by atoms with E-state index < -0.39 is 0 Å². The molecule has 23 heavy (non-hydrogen) atoms. The second-order valence-electron chi connectivity index (χ2n) is 5.39. The topological polar surface area (TPSA) is 42.2 Å². The number of halogens is 2. The van der Waals surface area contributed by atoms with Crippen molar-refractivity contribution in [3.63, 3.8) is 0 Å². The van der Waals surface area contributed by atoms with Crippen molar-refractivity contribution in [1.29, 1.82) is 0 Å². The number of Topliss-reactive ketones (excluding diaryl/α,β-unsaturated/α-hetero) is 1. The highest BCUT2D eigenvalue weighted by Crippen LogP contribution is 2.27. The fraction of sp³-hybridized carbons (Fsp3) is 0.167. The van der Waals surface area contributed by atoms with E-state index in [1.54, 1.807) is 13.0 Å². The molecule has 3 rings (SSSR count). The molecule has 1 aromatic heterocycles. The monoisotopic (exact) mass is 331 g/mol. The molecule has 118 valence electrons. The van der Waals surface area contributed by atoms with Gasteiger partial charge in [-0.15, -0.1) is 0 Å². The van der Waals surface area contributed by atoms with E-state index >= 15 is 0 Å². The molecule has 0 radical (unpaired) electrons. The highest BCUT2D eigenvalue weighted by molar-refractivity contribution is 6.31. The van der Waals surface area contributed by atoms with Crippen LogP contribution in [0.5, 0.6) is 0 Å². The molecular formula is C18H15ClFNO2. The van der Waals surface area contributed by atoms with Crippen molar-refractivity contribution >= 4 is 34.0 Å². The Labute approximate surface area is 138 Å². The number of anilines is 1. The van der Waals surface area contributed by atoms with E-state index in [1.165, 1.54) is 18.2 Å². The van der Waals surface area contributed by atoms with Crippen molar-refractivity contribution in [2.45, 2.75) is 13.8 Å². The van der Waals surface area contributed by atoms with E-state index in [-0.39, 0.29) is 23.9 Å². The van der Waals surface area contributed by atoms with Crippen molar-refractivity contribution in [3.05, 3.63) is 64.1 Å². The Morgan fingerprint density at radius 1 is 1.22 bits per heavy atom. The van der Waals surface area contributed by atoms with Crippen LogP contribution in [-0.2, 0) is 0 Å². The molecule has 0 aliphatic carbocycles. The van der Waals surface area contributed by atoms with Gasteiger partial charge in [0, 0.05) is 21.7 Å². The summed E-state index contributed by atoms with van der Waals surface area (Å²) in [6.45, 7) is 3.71. The minimum atomic E-state index is -0.354. The second kappa shape index (κ2) is 6.05. The predicted molar refractivity (Wildman–Crippen MR) is 89.9 cm³/mol. The Kier molecular flexibility index (Phi) is 4.09. The van der Waals surface area contributed by atoms with Crippen LogP contribution in [0, 0.1) is 19.7 Å². The summed E-state index contributed by atoms with van der Waals surface area (Å²) in [4.78, 5) is 12.4. The van der Waals surface area contributed by atoms with E-state index in [0.717, 1.165) is 11.3 Å². The average Bonchev–Trinajstić information content (AvgIpc) is 2.85. The molecule has 0 amide bonds. The minimum Gasteiger partial charge on any atom is -0.453 e. The Bertz CT molecular complexity index is 901. The van der Waals surface area contributed by atoms with E-state index in [4.69, 9.17) is 16.0 Å². The van der Waals surface area contributed by atoms with Gasteiger partial charge in [-0.1, -0.05) is 17.7 Å². The fourth-order valence-electron chi connectivity index (χ4n) is 2.51. The Morgan fingerprint density at radius 3 is 2.78 bits per heavy atom. The van der Waals surface area contributed by atoms with Crippen LogP contribution >= 0.6 is 11.6 Å². The van der Waals surface area contributed by atoms with Crippen molar-refractivity contribution in [1.82, 2.24) is 0 Å². The van der Waals surface area contributed by atoms with Crippen LogP contribution in [0.3, 0.4) is 0 Å². The molecule has 0 saturated heterocycles. The Balaban J connectivity index is 1.84. The number of fused-ring (bicyclic) bond motifs is 1. The van der Waals surface area contributed by atoms with Gasteiger partial charge in [0.15, 0.2) is 5.76 Å². The summed E-state index contributed by atoms with van der Waals surface area (Å²) in [5.74, 6) is -0.302. The SMILES string of the molecule is Cc1c(Cl)cccc1NCC(=O)c1oc2ccc(F)cc2c1C. The number of carbonyl (C=O) groups is 1. The van der Waals surface area contributed by atoms with Gasteiger partial charge < -0.3 is 9.73 Å². The molecule has 0 saturated carbocycles. The highest BCUT2D eigenvalue weighted by atomic mass is 35.5. The van der Waals surface area contributed by atoms with Gasteiger partial charge in [0.1, 0.15) is 11.4 Å². The maximum Gasteiger partial charge on any atom is 0.217 e. The largest absolute Gasteiger partial charge is 0.453 e. The van der Waals surface area contributed by atoms with Crippen molar-refractivity contribution < 1.29 is 13.6 Å². The number of hydrogen-bond donors (Lipinski definition) is 1. The number of aryl methyl sites for hydroxylation is 1. The van der Waals surface area contributed by atoms with Crippen LogP contribution in [0.4, 0.5) is 10.1 Å². The number of carbonyl (C=O) groups excluding carboxylic acids is 1. The minimum absolute atomic E-state index is 0.0737. The lowest BCUT2D eigenvalue weighted by atomic mass is 10.1. The normalized spacial score (nSPS) is 11.0. The summed E-state index contributed by atoms with van der Waals surface area (Å²) in [5, 5.41) is 4.32. The number of hydrogen-bond acceptors (Lipinski definition) is 3. The first-order chi connectivity index (χ1) is 11.0. The van der Waals surface area contributed by atoms with Crippen molar-refractivity contribution in [2.75, 3.05) is 11.9 Å². The molecule has 0 spiro atoms. The third kappa shape index (κ3) is 2.94. The van der Waals surface area contributed by atoms with Gasteiger partial charge in [-0.25, -0.2) is 4.39 Å². The van der Waals surface area contributed by atoms with Crippen LogP contribution in [0.2, 0.25) is 5.02 Å². The molecule has 3 nitrogen and oxygen atoms in total. The first-order valence-corrected chi connectivity index (χ1v) is 7.56. The molecule has 1 N–H and O–H groups in total. The Morgan fingerprint density at radius 2 is 2.00 bits per heavy atom. The highest BCUT2D eigenvalue weighted by Gasteiger charge is 2.18. The first-order valence-electron chi connectivity index (χ1n) is 7.18. The van der Waals surface area contributed by atoms with Crippen molar-refractivity contribution in [2.24, 2.45) is 0 Å². The summed E-state index contributed by atoms with van der Waals surface area (Å²) in [5.41, 5.74) is 2.83. The van der Waals surface area contributed by atoms with E-state index in [9.17, 15) is 9.18 Å². The van der Waals surface area contributed by atoms with E-state index in [2.05, 4.69) is 5.32 Å². The van der Waals surface area contributed by atoms with E-state index in [1.807, 2.05) is 19.1 Å². The lowest BCUT2D eigenvalue weighted by molar-refractivity contribution is 0.0981. The molecule has 5 heteroatoms. The van der Waals surface area contributed by atoms with Gasteiger partial charge in [-0.2, -0.15) is 0 Å². The lowest BCUT2D eigenvalue weighted by Crippen LogP contribution is -2.14. The average molecular weight is 332 g/mol. The standard InChI is InChI=1S/C18H15ClFNO2/c1-10-13-8-12(20)6-7-17(13)23-18(10)16(22)9-21-15-5-3-4-14(19)11(15)2/h3-8,21H,9H2,1-2H3. The van der Waals surface area contributed by atoms with Gasteiger partial charge in [0.2, 0.25) is 5.78 Å². The maximum absolute atomic E-state index is 13.3. The third-order valence-electron chi connectivity index (χ3n) is 3.86. The summed E-state index contributed by atoms with van der Waals surface area (Å²) in [7, 11) is 0. The van der Waals surface area contributed by atoms with Gasteiger partial charge in [-0.05, 0) is 49.7 Å². The zero-order valence-corrected chi connectivity index (χ0v) is 13.5. The predicted octanol–water partition coefficient (Wildman–Crippen LogP) is 5.14. The number of furan rings is 1. The van der Waals surface area contributed by atoms with Crippen LogP contribution < -0.4 is 5.32 Å². The molecule has 0 fully saturated rings. The second-order valence-corrected chi connectivity index (χ2v) is 5.79. The molecule has 0 atom stereocenters. The van der Waals surface area contributed by atoms with E-state index in [0.29, 0.717) is 21.6 Å². The zero-order valence-electron chi connectivity index (χ0n) is 12.7. The molecule has 3 aromatic rings. The molecule has 1 heterocycles. The number of rotatable bonds is 4. The smallest absolute Gasteiger partial charge is 0.217 e. The first kappa shape index (κ1) is 15.6. The molecule has 0 bridgehead atoms. The molecule has 2 aromatic carbocycles. The molecular weight excluding hydrogens is 317 g/mol. The fourth-order valence-corrected chi connectivity index (χ4v) is 2.69. The van der Waals surface area contributed by atoms with Gasteiger partial charge in [0.05, 0.1) is 6.54 Å². The number of nitrogens with one attached hydrogen (secondary N) is 1. The summed E-state index contributed by atoms with van der Waals surface area (Å²) >= 11 is 6.06. The zero-order chi connectivity index (χ0) is 16.6. The molecule has 0 aliphatic heterocycles. The maximum atomic E-state index is 13.3. The van der Waals surface area contributed by atoms with Crippen LogP contribution in [0.15, 0.2) is 40.8 Å². The van der Waals surface area contributed by atoms with Crippen LogP contribution in [0.25, 0.3) is 11.0 Å². The lowest BCUT2D eigenvalue weighted by Gasteiger charge is -2.09. The van der Waals surface area contributed by atoms with Crippen molar-refractivity contribution in [3.8, 4) is 0 Å². The van der Waals surface area contributed by atoms with Gasteiger partial charge in [0.25, 0.3) is 0 Å². The molecule has 0 unspecified atom stereocenters. The Hall–Kier alpha value is -2.33. The summed E-state index contributed by atoms with van der Waals surface area (Å²) < 4.78 is 18.9. The summed E-state index contributed by atoms with van der Waals surface area (Å²) in [6, 6.07) is 9.68. The quantitative estimate of drug-likeness (QED) is 0.673. The number of ketones is 1. The summed E-state index contributed by atoms with van der Waals surface area (Å²) in [6.07, 6.45) is 0. The van der Waals surface area contributed by atoms with Gasteiger partial charge >= 0.3 is 0 Å². The van der Waals surface area contributed by atoms with Crippen LogP contribution in [0.1, 0.15) is 21.7 Å². The third-order valence-corrected chi connectivity index (χ3v) is 4.27. The molecule has 0 aliphatic rings. The van der Waals surface area contributed by atoms with Gasteiger partial charge in [-0.3, -0.25) is 4.79 Å². The van der Waals surface area contributed by atoms with Crippen LogP contribution in [-0.4, -0.2) is 12.3 Å². The number of benzene rings is 2.